The van der Waals surface area contributed by atoms with Crippen molar-refractivity contribution in [1.29, 1.82) is 0 Å². The molecule has 1 saturated heterocycles. The minimum absolute atomic E-state index is 0.0523. The lowest BCUT2D eigenvalue weighted by atomic mass is 10.0. The molecular weight excluding hydrogens is 687 g/mol. The van der Waals surface area contributed by atoms with Gasteiger partial charge in [0.1, 0.15) is 17.5 Å². The Morgan fingerprint density at radius 3 is 2.23 bits per heavy atom. The third kappa shape index (κ3) is 11.0. The molecule has 0 spiro atoms. The predicted molar refractivity (Wildman–Crippen MR) is 194 cm³/mol. The Kier molecular flexibility index (Phi) is 13.1. The maximum absolute atomic E-state index is 14.3. The van der Waals surface area contributed by atoms with Gasteiger partial charge in [-0.15, -0.1) is 0 Å². The van der Waals surface area contributed by atoms with Crippen LogP contribution in [0.1, 0.15) is 40.6 Å². The number of halogens is 3. The Hall–Kier alpha value is -5.43. The average molecular weight is 732 g/mol. The van der Waals surface area contributed by atoms with E-state index in [2.05, 4.69) is 10.1 Å². The topological polar surface area (TPSA) is 99.4 Å². The second kappa shape index (κ2) is 17.9. The van der Waals surface area contributed by atoms with Crippen LogP contribution in [-0.2, 0) is 44.9 Å². The number of hydrogen-bond donors (Lipinski definition) is 0. The smallest absolute Gasteiger partial charge is 0.373 e. The fourth-order valence-corrected chi connectivity index (χ4v) is 6.07. The summed E-state index contributed by atoms with van der Waals surface area (Å²) in [6.45, 7) is 6.78. The highest BCUT2D eigenvalue weighted by molar-refractivity contribution is 5.95. The first kappa shape index (κ1) is 38.8. The van der Waals surface area contributed by atoms with Crippen molar-refractivity contribution in [3.05, 3.63) is 125 Å². The van der Waals surface area contributed by atoms with Crippen molar-refractivity contribution in [3.63, 3.8) is 0 Å². The van der Waals surface area contributed by atoms with Crippen molar-refractivity contribution in [2.75, 3.05) is 51.3 Å². The van der Waals surface area contributed by atoms with E-state index in [4.69, 9.17) is 9.26 Å². The molecule has 1 aliphatic rings. The molecule has 0 saturated carbocycles. The van der Waals surface area contributed by atoms with Crippen LogP contribution in [0.4, 0.5) is 18.9 Å². The second-order valence-electron chi connectivity index (χ2n) is 13.0. The Balaban J connectivity index is 1.38. The molecule has 1 aliphatic heterocycles. The third-order valence-electron chi connectivity index (χ3n) is 9.13. The summed E-state index contributed by atoms with van der Waals surface area (Å²) in [5.41, 5.74) is 2.87. The molecule has 1 aromatic heterocycles. The molecule has 0 bridgehead atoms. The summed E-state index contributed by atoms with van der Waals surface area (Å²) < 4.78 is 50.3. The van der Waals surface area contributed by atoms with Crippen molar-refractivity contribution in [3.8, 4) is 0 Å². The Labute approximate surface area is 307 Å². The van der Waals surface area contributed by atoms with E-state index in [0.717, 1.165) is 28.9 Å². The summed E-state index contributed by atoms with van der Waals surface area (Å²) in [6.07, 6.45) is -1.52. The van der Waals surface area contributed by atoms with E-state index in [-0.39, 0.29) is 44.5 Å². The summed E-state index contributed by atoms with van der Waals surface area (Å²) in [5.74, 6) is -0.0592. The number of aromatic nitrogens is 1. The number of nitrogens with zero attached hydrogens (tertiary/aromatic N) is 5. The fourth-order valence-electron chi connectivity index (χ4n) is 6.07. The largest absolute Gasteiger partial charge is 0.416 e. The molecule has 0 unspecified atom stereocenters. The van der Waals surface area contributed by atoms with Crippen molar-refractivity contribution < 1.29 is 36.8 Å². The second-order valence-corrected chi connectivity index (χ2v) is 13.0. The van der Waals surface area contributed by atoms with Gasteiger partial charge < -0.3 is 28.9 Å². The SMILES string of the molecule is CC(=O)N1CCN(c2ccc(CN(C(=O)/C=C/c3ccc(C(F)(F)F)cc3)[C@@H](Cc3ccccc3)C(=O)N(C)CCOCc3cc(C)on3)cc2)CC1. The molecule has 1 atom stereocenters. The number of aryl methyl sites for hydroxylation is 1. The molecule has 3 aromatic carbocycles. The number of hydrogen-bond acceptors (Lipinski definition) is 7. The lowest BCUT2D eigenvalue weighted by Gasteiger charge is -2.36. The minimum Gasteiger partial charge on any atom is -0.373 e. The van der Waals surface area contributed by atoms with Gasteiger partial charge in [0.2, 0.25) is 17.7 Å². The van der Waals surface area contributed by atoms with Crippen LogP contribution in [0.2, 0.25) is 0 Å². The first-order chi connectivity index (χ1) is 25.4. The number of anilines is 1. The summed E-state index contributed by atoms with van der Waals surface area (Å²) in [6, 6.07) is 22.5. The van der Waals surface area contributed by atoms with Gasteiger partial charge in [0.05, 0.1) is 18.8 Å². The number of benzene rings is 3. The summed E-state index contributed by atoms with van der Waals surface area (Å²) in [7, 11) is 1.66. The van der Waals surface area contributed by atoms with Crippen LogP contribution in [0.25, 0.3) is 6.08 Å². The van der Waals surface area contributed by atoms with Gasteiger partial charge in [-0.25, -0.2) is 0 Å². The number of carbonyl (C=O) groups is 3. The van der Waals surface area contributed by atoms with Crippen LogP contribution in [-0.4, -0.2) is 90.0 Å². The molecular formula is C40H44F3N5O5. The van der Waals surface area contributed by atoms with Crippen molar-refractivity contribution in [1.82, 2.24) is 19.9 Å². The van der Waals surface area contributed by atoms with E-state index < -0.39 is 23.7 Å². The predicted octanol–water partition coefficient (Wildman–Crippen LogP) is 6.00. The van der Waals surface area contributed by atoms with Crippen LogP contribution in [0.3, 0.4) is 0 Å². The third-order valence-corrected chi connectivity index (χ3v) is 9.13. The van der Waals surface area contributed by atoms with E-state index in [1.807, 2.05) is 59.5 Å². The highest BCUT2D eigenvalue weighted by Crippen LogP contribution is 2.29. The van der Waals surface area contributed by atoms with Gasteiger partial charge in [-0.3, -0.25) is 14.4 Å². The molecule has 4 aromatic rings. The molecule has 3 amide bonds. The summed E-state index contributed by atoms with van der Waals surface area (Å²) in [5, 5.41) is 3.92. The first-order valence-corrected chi connectivity index (χ1v) is 17.4. The molecule has 53 heavy (non-hydrogen) atoms. The molecule has 0 aliphatic carbocycles. The Bertz CT molecular complexity index is 1840. The lowest BCUT2D eigenvalue weighted by Crippen LogP contribution is -2.51. The van der Waals surface area contributed by atoms with Crippen molar-refractivity contribution >= 4 is 29.5 Å². The van der Waals surface area contributed by atoms with Gasteiger partial charge in [0.15, 0.2) is 0 Å². The summed E-state index contributed by atoms with van der Waals surface area (Å²) >= 11 is 0. The fraction of sp³-hybridized carbons (Fsp3) is 0.350. The van der Waals surface area contributed by atoms with E-state index in [0.29, 0.717) is 43.2 Å². The molecule has 0 N–H and O–H groups in total. The zero-order valence-electron chi connectivity index (χ0n) is 30.1. The maximum atomic E-state index is 14.3. The summed E-state index contributed by atoms with van der Waals surface area (Å²) in [4.78, 5) is 47.3. The Morgan fingerprint density at radius 2 is 1.62 bits per heavy atom. The van der Waals surface area contributed by atoms with Crippen LogP contribution >= 0.6 is 0 Å². The molecule has 1 fully saturated rings. The molecule has 280 valence electrons. The Morgan fingerprint density at radius 1 is 0.943 bits per heavy atom. The lowest BCUT2D eigenvalue weighted by molar-refractivity contribution is -0.143. The van der Waals surface area contributed by atoms with Crippen molar-refractivity contribution in [2.24, 2.45) is 0 Å². The van der Waals surface area contributed by atoms with Crippen molar-refractivity contribution in [2.45, 2.75) is 45.6 Å². The first-order valence-electron chi connectivity index (χ1n) is 17.4. The van der Waals surface area contributed by atoms with Crippen LogP contribution in [0, 0.1) is 6.92 Å². The molecule has 10 nitrogen and oxygen atoms in total. The molecule has 2 heterocycles. The van der Waals surface area contributed by atoms with Gasteiger partial charge in [-0.05, 0) is 54.0 Å². The number of ether oxygens (including phenoxy) is 1. The highest BCUT2D eigenvalue weighted by Gasteiger charge is 2.32. The number of amides is 3. The highest BCUT2D eigenvalue weighted by atomic mass is 19.4. The number of likely N-dealkylation sites (N-methyl/N-ethyl adjacent to an activating group) is 1. The van der Waals surface area contributed by atoms with E-state index in [1.54, 1.807) is 27.0 Å². The monoisotopic (exact) mass is 731 g/mol. The van der Waals surface area contributed by atoms with Gasteiger partial charge in [-0.2, -0.15) is 13.2 Å². The normalized spacial score (nSPS) is 14.0. The van der Waals surface area contributed by atoms with E-state index in [1.165, 1.54) is 34.1 Å². The van der Waals surface area contributed by atoms with Gasteiger partial charge in [-0.1, -0.05) is 59.8 Å². The van der Waals surface area contributed by atoms with E-state index in [9.17, 15) is 27.6 Å². The minimum atomic E-state index is -4.48. The number of carbonyl (C=O) groups excluding carboxylic acids is 3. The van der Waals surface area contributed by atoms with E-state index >= 15 is 0 Å². The van der Waals surface area contributed by atoms with Gasteiger partial charge in [0.25, 0.3) is 0 Å². The maximum Gasteiger partial charge on any atom is 0.416 e. The van der Waals surface area contributed by atoms with Crippen LogP contribution < -0.4 is 4.90 Å². The average Bonchev–Trinajstić information content (AvgIpc) is 3.58. The number of rotatable bonds is 14. The molecule has 5 rings (SSSR count). The quantitative estimate of drug-likeness (QED) is 0.116. The van der Waals surface area contributed by atoms with Gasteiger partial charge in [0, 0.05) is 77.5 Å². The zero-order chi connectivity index (χ0) is 38.0. The van der Waals surface area contributed by atoms with Crippen LogP contribution in [0.15, 0.2) is 95.5 Å². The zero-order valence-corrected chi connectivity index (χ0v) is 30.1. The number of alkyl halides is 3. The number of piperazine rings is 1. The molecule has 0 radical (unpaired) electrons. The van der Waals surface area contributed by atoms with Crippen LogP contribution in [0.5, 0.6) is 0 Å². The molecule has 13 heteroatoms. The van der Waals surface area contributed by atoms with Gasteiger partial charge >= 0.3 is 6.18 Å². The standard InChI is InChI=1S/C40H44F3N5O5/c1-29-25-35(44-53-29)28-52-24-23-45(3)39(51)37(26-32-7-5-4-6-8-32)48(38(50)18-13-31-9-14-34(15-10-31)40(41,42)43)27-33-11-16-36(17-12-33)47-21-19-46(20-22-47)30(2)49/h4-18,25,37H,19-24,26-28H2,1-3H3/b18-13+/t37-/m0/s1.